The number of carboxylic acid groups (broad SMARTS) is 1. The Morgan fingerprint density at radius 3 is 2.64 bits per heavy atom. The summed E-state index contributed by atoms with van der Waals surface area (Å²) in [6, 6.07) is -0.740. The summed E-state index contributed by atoms with van der Waals surface area (Å²) >= 11 is 0. The lowest BCUT2D eigenvalue weighted by Gasteiger charge is -2.34. The highest BCUT2D eigenvalue weighted by Crippen LogP contribution is 2.23. The third-order valence-electron chi connectivity index (χ3n) is 2.64. The van der Waals surface area contributed by atoms with E-state index in [-0.39, 0.29) is 0 Å². The smallest absolute Gasteiger partial charge is 0.321 e. The van der Waals surface area contributed by atoms with Crippen LogP contribution in [-0.4, -0.2) is 48.7 Å². The van der Waals surface area contributed by atoms with Gasteiger partial charge in [0, 0.05) is 0 Å². The number of hydrogen-bond acceptors (Lipinski definition) is 4. The molecule has 1 fully saturated rings. The maximum atomic E-state index is 11.3. The fourth-order valence-corrected chi connectivity index (χ4v) is 1.92. The van der Waals surface area contributed by atoms with Gasteiger partial charge in [0.15, 0.2) is 0 Å². The number of carbonyl (C=O) groups excluding carboxylic acids is 1. The van der Waals surface area contributed by atoms with Crippen molar-refractivity contribution in [2.24, 2.45) is 5.92 Å². The molecule has 5 nitrogen and oxygen atoms in total. The van der Waals surface area contributed by atoms with Crippen LogP contribution in [0.15, 0.2) is 0 Å². The summed E-state index contributed by atoms with van der Waals surface area (Å²) in [5.74, 6) is -1.91. The first kappa shape index (κ1) is 11.0. The van der Waals surface area contributed by atoms with Gasteiger partial charge in [-0.2, -0.15) is 0 Å². The quantitative estimate of drug-likeness (QED) is 0.635. The number of esters is 1. The van der Waals surface area contributed by atoms with Crippen molar-refractivity contribution >= 4 is 11.9 Å². The molecule has 2 atom stereocenters. The van der Waals surface area contributed by atoms with Crippen molar-refractivity contribution in [1.29, 1.82) is 0 Å². The third kappa shape index (κ3) is 2.04. The summed E-state index contributed by atoms with van der Waals surface area (Å²) in [6.45, 7) is 0.713. The molecule has 1 aliphatic rings. The lowest BCUT2D eigenvalue weighted by molar-refractivity contribution is -0.159. The molecule has 1 saturated heterocycles. The van der Waals surface area contributed by atoms with Crippen molar-refractivity contribution < 1.29 is 19.4 Å². The standard InChI is InChI=1S/C9H15NO4/c1-10-5-3-4-6(9(13)14-2)7(10)8(11)12/h6-7H,3-5H2,1-2H3,(H,11,12)/t6-,7+/m1/s1. The second kappa shape index (κ2) is 4.41. The molecule has 0 radical (unpaired) electrons. The van der Waals surface area contributed by atoms with E-state index in [2.05, 4.69) is 4.74 Å². The number of hydrogen-bond donors (Lipinski definition) is 1. The van der Waals surface area contributed by atoms with Gasteiger partial charge < -0.3 is 9.84 Å². The topological polar surface area (TPSA) is 66.8 Å². The summed E-state index contributed by atoms with van der Waals surface area (Å²) in [5.41, 5.74) is 0. The molecule has 1 rings (SSSR count). The molecule has 0 bridgehead atoms. The Hall–Kier alpha value is -1.10. The number of methoxy groups -OCH3 is 1. The van der Waals surface area contributed by atoms with Crippen LogP contribution in [0.2, 0.25) is 0 Å². The minimum atomic E-state index is -0.956. The zero-order valence-electron chi connectivity index (χ0n) is 8.40. The predicted octanol–water partition coefficient (Wildman–Crippen LogP) is -0.0456. The Bertz CT molecular complexity index is 241. The van der Waals surface area contributed by atoms with Crippen LogP contribution in [-0.2, 0) is 14.3 Å². The van der Waals surface area contributed by atoms with Crippen molar-refractivity contribution in [2.45, 2.75) is 18.9 Å². The van der Waals surface area contributed by atoms with E-state index in [1.807, 2.05) is 0 Å². The molecule has 1 heterocycles. The van der Waals surface area contributed by atoms with Crippen LogP contribution >= 0.6 is 0 Å². The van der Waals surface area contributed by atoms with E-state index < -0.39 is 23.9 Å². The van der Waals surface area contributed by atoms with Crippen molar-refractivity contribution in [3.05, 3.63) is 0 Å². The summed E-state index contributed by atoms with van der Waals surface area (Å²) in [7, 11) is 3.00. The van der Waals surface area contributed by atoms with Gasteiger partial charge in [0.1, 0.15) is 6.04 Å². The summed E-state index contributed by atoms with van der Waals surface area (Å²) in [6.07, 6.45) is 1.42. The van der Waals surface area contributed by atoms with Crippen LogP contribution in [0.3, 0.4) is 0 Å². The van der Waals surface area contributed by atoms with E-state index in [9.17, 15) is 9.59 Å². The van der Waals surface area contributed by atoms with Crippen LogP contribution in [0.5, 0.6) is 0 Å². The molecule has 0 aromatic rings. The molecule has 0 unspecified atom stereocenters. The lowest BCUT2D eigenvalue weighted by Crippen LogP contribution is -2.50. The molecular weight excluding hydrogens is 186 g/mol. The molecule has 0 amide bonds. The minimum Gasteiger partial charge on any atom is -0.480 e. The Morgan fingerprint density at radius 2 is 2.14 bits per heavy atom. The highest BCUT2D eigenvalue weighted by molar-refractivity contribution is 5.83. The predicted molar refractivity (Wildman–Crippen MR) is 48.8 cm³/mol. The van der Waals surface area contributed by atoms with Crippen LogP contribution < -0.4 is 0 Å². The molecule has 1 N–H and O–H groups in total. The minimum absolute atomic E-state index is 0.427. The summed E-state index contributed by atoms with van der Waals surface area (Å²) in [5, 5.41) is 8.97. The van der Waals surface area contributed by atoms with Crippen molar-refractivity contribution in [3.8, 4) is 0 Å². The first-order chi connectivity index (χ1) is 6.57. The highest BCUT2D eigenvalue weighted by atomic mass is 16.5. The van der Waals surface area contributed by atoms with Crippen molar-refractivity contribution in [1.82, 2.24) is 4.90 Å². The van der Waals surface area contributed by atoms with E-state index >= 15 is 0 Å². The van der Waals surface area contributed by atoms with Gasteiger partial charge in [0.05, 0.1) is 13.0 Å². The van der Waals surface area contributed by atoms with Crippen LogP contribution in [0, 0.1) is 5.92 Å². The largest absolute Gasteiger partial charge is 0.480 e. The molecule has 0 aliphatic carbocycles. The number of likely N-dealkylation sites (tertiary alicyclic amines) is 1. The Labute approximate surface area is 82.6 Å². The van der Waals surface area contributed by atoms with Crippen LogP contribution in [0.1, 0.15) is 12.8 Å². The van der Waals surface area contributed by atoms with E-state index in [0.717, 1.165) is 6.42 Å². The molecule has 0 aromatic heterocycles. The monoisotopic (exact) mass is 201 g/mol. The van der Waals surface area contributed by atoms with Gasteiger partial charge >= 0.3 is 11.9 Å². The van der Waals surface area contributed by atoms with Gasteiger partial charge in [-0.05, 0) is 26.4 Å². The van der Waals surface area contributed by atoms with Crippen molar-refractivity contribution in [2.75, 3.05) is 20.7 Å². The highest BCUT2D eigenvalue weighted by Gasteiger charge is 2.39. The second-order valence-electron chi connectivity index (χ2n) is 3.54. The molecule has 14 heavy (non-hydrogen) atoms. The molecule has 0 saturated carbocycles. The molecule has 80 valence electrons. The van der Waals surface area contributed by atoms with E-state index in [4.69, 9.17) is 5.11 Å². The number of nitrogens with zero attached hydrogens (tertiary/aromatic N) is 1. The lowest BCUT2D eigenvalue weighted by atomic mass is 9.89. The average molecular weight is 201 g/mol. The number of piperidine rings is 1. The number of carboxylic acids is 1. The van der Waals surface area contributed by atoms with Gasteiger partial charge in [0.2, 0.25) is 0 Å². The first-order valence-electron chi connectivity index (χ1n) is 4.58. The van der Waals surface area contributed by atoms with E-state index in [1.165, 1.54) is 7.11 Å². The number of ether oxygens (including phenoxy) is 1. The fourth-order valence-electron chi connectivity index (χ4n) is 1.92. The Balaban J connectivity index is 2.79. The first-order valence-corrected chi connectivity index (χ1v) is 4.58. The maximum Gasteiger partial charge on any atom is 0.321 e. The molecule has 5 heteroatoms. The molecule has 0 spiro atoms. The van der Waals surface area contributed by atoms with E-state index in [0.29, 0.717) is 13.0 Å². The van der Waals surface area contributed by atoms with Crippen LogP contribution in [0.25, 0.3) is 0 Å². The maximum absolute atomic E-state index is 11.3. The number of likely N-dealkylation sites (N-methyl/N-ethyl adjacent to an activating group) is 1. The van der Waals surface area contributed by atoms with Gasteiger partial charge in [-0.25, -0.2) is 0 Å². The fraction of sp³-hybridized carbons (Fsp3) is 0.778. The van der Waals surface area contributed by atoms with Gasteiger partial charge in [0.25, 0.3) is 0 Å². The zero-order chi connectivity index (χ0) is 10.7. The Morgan fingerprint density at radius 1 is 1.50 bits per heavy atom. The van der Waals surface area contributed by atoms with Gasteiger partial charge in [-0.3, -0.25) is 14.5 Å². The number of rotatable bonds is 2. The van der Waals surface area contributed by atoms with Gasteiger partial charge in [-0.1, -0.05) is 0 Å². The normalized spacial score (nSPS) is 28.4. The average Bonchev–Trinajstić information content (AvgIpc) is 2.15. The summed E-state index contributed by atoms with van der Waals surface area (Å²) < 4.78 is 4.59. The summed E-state index contributed by atoms with van der Waals surface area (Å²) in [4.78, 5) is 23.9. The second-order valence-corrected chi connectivity index (χ2v) is 3.54. The van der Waals surface area contributed by atoms with Crippen LogP contribution in [0.4, 0.5) is 0 Å². The molecular formula is C9H15NO4. The third-order valence-corrected chi connectivity index (χ3v) is 2.64. The van der Waals surface area contributed by atoms with E-state index in [1.54, 1.807) is 11.9 Å². The number of aliphatic carboxylic acids is 1. The zero-order valence-corrected chi connectivity index (χ0v) is 8.40. The molecule has 1 aliphatic heterocycles. The SMILES string of the molecule is COC(=O)[C@@H]1CCCN(C)[C@@H]1C(=O)O. The van der Waals surface area contributed by atoms with Gasteiger partial charge in [-0.15, -0.1) is 0 Å². The Kier molecular flexibility index (Phi) is 3.46. The van der Waals surface area contributed by atoms with Crippen molar-refractivity contribution in [3.63, 3.8) is 0 Å². The number of carbonyl (C=O) groups is 2. The molecule has 0 aromatic carbocycles.